The number of hydrogen-bond acceptors (Lipinski definition) is 3. The Labute approximate surface area is 119 Å². The second kappa shape index (κ2) is 9.53. The van der Waals surface area contributed by atoms with Gasteiger partial charge in [-0.15, -0.1) is 0 Å². The average Bonchev–Trinajstić information content (AvgIpc) is 2.42. The van der Waals surface area contributed by atoms with Gasteiger partial charge in [-0.25, -0.2) is 0 Å². The molecule has 0 fully saturated rings. The summed E-state index contributed by atoms with van der Waals surface area (Å²) in [5.41, 5.74) is 0.900. The molecule has 1 aromatic carbocycles. The number of alkyl halides is 2. The standard InChI is InChI=1S/C15H23F2NO2/c1-3-4-5-6-9-18-11-12-7-8-13(19-2)14(10-12)20-15(16)17/h7-8,10,15,18H,3-6,9,11H2,1-2H3. The third kappa shape index (κ3) is 6.19. The van der Waals surface area contributed by atoms with Gasteiger partial charge in [-0.2, -0.15) is 8.78 Å². The highest BCUT2D eigenvalue weighted by molar-refractivity contribution is 5.42. The monoisotopic (exact) mass is 287 g/mol. The third-order valence-corrected chi connectivity index (χ3v) is 2.98. The van der Waals surface area contributed by atoms with Gasteiger partial charge in [0.2, 0.25) is 0 Å². The lowest BCUT2D eigenvalue weighted by Gasteiger charge is -2.12. The highest BCUT2D eigenvalue weighted by Crippen LogP contribution is 2.29. The van der Waals surface area contributed by atoms with Gasteiger partial charge in [0.15, 0.2) is 11.5 Å². The van der Waals surface area contributed by atoms with E-state index in [0.717, 1.165) is 18.5 Å². The van der Waals surface area contributed by atoms with Crippen LogP contribution in [0, 0.1) is 0 Å². The van der Waals surface area contributed by atoms with Gasteiger partial charge in [0.05, 0.1) is 7.11 Å². The Balaban J connectivity index is 2.45. The lowest BCUT2D eigenvalue weighted by atomic mass is 10.2. The van der Waals surface area contributed by atoms with E-state index in [1.807, 2.05) is 6.07 Å². The van der Waals surface area contributed by atoms with Crippen molar-refractivity contribution in [3.8, 4) is 11.5 Å². The third-order valence-electron chi connectivity index (χ3n) is 2.98. The number of benzene rings is 1. The van der Waals surface area contributed by atoms with Gasteiger partial charge in [0.1, 0.15) is 0 Å². The Morgan fingerprint density at radius 1 is 1.15 bits per heavy atom. The van der Waals surface area contributed by atoms with Gasteiger partial charge < -0.3 is 14.8 Å². The number of unbranched alkanes of at least 4 members (excludes halogenated alkanes) is 3. The van der Waals surface area contributed by atoms with Crippen molar-refractivity contribution in [2.75, 3.05) is 13.7 Å². The molecule has 0 aliphatic rings. The number of rotatable bonds is 10. The van der Waals surface area contributed by atoms with Gasteiger partial charge >= 0.3 is 6.61 Å². The van der Waals surface area contributed by atoms with Crippen LogP contribution in [0.15, 0.2) is 18.2 Å². The van der Waals surface area contributed by atoms with Crippen LogP contribution in [0.2, 0.25) is 0 Å². The molecule has 0 aliphatic heterocycles. The summed E-state index contributed by atoms with van der Waals surface area (Å²) in [7, 11) is 1.43. The molecule has 0 saturated carbocycles. The Hall–Kier alpha value is -1.36. The smallest absolute Gasteiger partial charge is 0.387 e. The Morgan fingerprint density at radius 2 is 1.95 bits per heavy atom. The summed E-state index contributed by atoms with van der Waals surface area (Å²) in [6.45, 7) is 0.892. The first-order valence-corrected chi connectivity index (χ1v) is 6.99. The highest BCUT2D eigenvalue weighted by atomic mass is 19.3. The van der Waals surface area contributed by atoms with E-state index in [-0.39, 0.29) is 5.75 Å². The second-order valence-electron chi connectivity index (χ2n) is 4.60. The fourth-order valence-corrected chi connectivity index (χ4v) is 1.93. The Kier molecular flexibility index (Phi) is 7.95. The fourth-order valence-electron chi connectivity index (χ4n) is 1.93. The van der Waals surface area contributed by atoms with Crippen LogP contribution >= 0.6 is 0 Å². The van der Waals surface area contributed by atoms with Crippen molar-refractivity contribution < 1.29 is 18.3 Å². The van der Waals surface area contributed by atoms with Gasteiger partial charge in [0.25, 0.3) is 0 Å². The minimum absolute atomic E-state index is 0.0767. The van der Waals surface area contributed by atoms with Crippen LogP contribution in [0.5, 0.6) is 11.5 Å². The number of nitrogens with one attached hydrogen (secondary N) is 1. The summed E-state index contributed by atoms with van der Waals surface area (Å²) < 4.78 is 34.0. The van der Waals surface area contributed by atoms with Crippen molar-refractivity contribution in [3.63, 3.8) is 0 Å². The van der Waals surface area contributed by atoms with Crippen LogP contribution in [0.3, 0.4) is 0 Å². The average molecular weight is 287 g/mol. The van der Waals surface area contributed by atoms with Crippen LogP contribution < -0.4 is 14.8 Å². The molecule has 20 heavy (non-hydrogen) atoms. The first kappa shape index (κ1) is 16.7. The minimum atomic E-state index is -2.85. The van der Waals surface area contributed by atoms with Crippen LogP contribution in [-0.4, -0.2) is 20.3 Å². The van der Waals surface area contributed by atoms with Gasteiger partial charge in [0, 0.05) is 6.54 Å². The number of methoxy groups -OCH3 is 1. The lowest BCUT2D eigenvalue weighted by molar-refractivity contribution is -0.0512. The fraction of sp³-hybridized carbons (Fsp3) is 0.600. The lowest BCUT2D eigenvalue weighted by Crippen LogP contribution is -2.15. The molecule has 1 N–H and O–H groups in total. The van der Waals surface area contributed by atoms with E-state index in [9.17, 15) is 8.78 Å². The second-order valence-corrected chi connectivity index (χ2v) is 4.60. The molecule has 0 aromatic heterocycles. The maximum atomic E-state index is 12.3. The zero-order chi connectivity index (χ0) is 14.8. The quantitative estimate of drug-likeness (QED) is 0.661. The summed E-state index contributed by atoms with van der Waals surface area (Å²) in [5, 5.41) is 3.29. The number of ether oxygens (including phenoxy) is 2. The minimum Gasteiger partial charge on any atom is -0.493 e. The molecule has 0 aliphatic carbocycles. The normalized spacial score (nSPS) is 10.8. The number of halogens is 2. The molecule has 1 aromatic rings. The van der Waals surface area contributed by atoms with Crippen molar-refractivity contribution in [3.05, 3.63) is 23.8 Å². The molecule has 5 heteroatoms. The van der Waals surface area contributed by atoms with Crippen molar-refractivity contribution in [1.29, 1.82) is 0 Å². The largest absolute Gasteiger partial charge is 0.493 e. The number of hydrogen-bond donors (Lipinski definition) is 1. The Morgan fingerprint density at radius 3 is 2.60 bits per heavy atom. The molecule has 0 atom stereocenters. The summed E-state index contributed by atoms with van der Waals surface area (Å²) in [6, 6.07) is 5.08. The molecule has 0 spiro atoms. The summed E-state index contributed by atoms with van der Waals surface area (Å²) >= 11 is 0. The van der Waals surface area contributed by atoms with Crippen LogP contribution in [0.4, 0.5) is 8.78 Å². The zero-order valence-corrected chi connectivity index (χ0v) is 12.1. The molecular weight excluding hydrogens is 264 g/mol. The van der Waals surface area contributed by atoms with Gasteiger partial charge in [-0.3, -0.25) is 0 Å². The summed E-state index contributed by atoms with van der Waals surface area (Å²) in [4.78, 5) is 0. The Bertz CT molecular complexity index is 386. The first-order chi connectivity index (χ1) is 9.67. The maximum Gasteiger partial charge on any atom is 0.387 e. The molecule has 114 valence electrons. The molecule has 1 rings (SSSR count). The zero-order valence-electron chi connectivity index (χ0n) is 12.1. The molecule has 0 heterocycles. The van der Waals surface area contributed by atoms with Crippen LogP contribution in [0.25, 0.3) is 0 Å². The van der Waals surface area contributed by atoms with E-state index >= 15 is 0 Å². The molecule has 0 radical (unpaired) electrons. The van der Waals surface area contributed by atoms with Gasteiger partial charge in [-0.05, 0) is 30.7 Å². The molecule has 0 saturated heterocycles. The predicted octanol–water partition coefficient (Wildman–Crippen LogP) is 3.97. The van der Waals surface area contributed by atoms with E-state index in [1.165, 1.54) is 26.4 Å². The van der Waals surface area contributed by atoms with E-state index in [4.69, 9.17) is 4.74 Å². The maximum absolute atomic E-state index is 12.3. The van der Waals surface area contributed by atoms with Crippen molar-refractivity contribution in [1.82, 2.24) is 5.32 Å². The van der Waals surface area contributed by atoms with Crippen molar-refractivity contribution >= 4 is 0 Å². The molecular formula is C15H23F2NO2. The summed E-state index contributed by atoms with van der Waals surface area (Å²) in [5.74, 6) is 0.393. The molecule has 0 amide bonds. The topological polar surface area (TPSA) is 30.5 Å². The molecule has 3 nitrogen and oxygen atoms in total. The molecule has 0 bridgehead atoms. The van der Waals surface area contributed by atoms with Crippen LogP contribution in [0.1, 0.15) is 38.2 Å². The predicted molar refractivity (Wildman–Crippen MR) is 75.5 cm³/mol. The van der Waals surface area contributed by atoms with Crippen molar-refractivity contribution in [2.24, 2.45) is 0 Å². The van der Waals surface area contributed by atoms with E-state index < -0.39 is 6.61 Å². The SMILES string of the molecule is CCCCCCNCc1ccc(OC)c(OC(F)F)c1. The van der Waals surface area contributed by atoms with Crippen molar-refractivity contribution in [2.45, 2.75) is 45.8 Å². The highest BCUT2D eigenvalue weighted by Gasteiger charge is 2.11. The van der Waals surface area contributed by atoms with E-state index in [1.54, 1.807) is 12.1 Å². The van der Waals surface area contributed by atoms with Crippen LogP contribution in [-0.2, 0) is 6.54 Å². The van der Waals surface area contributed by atoms with E-state index in [0.29, 0.717) is 12.3 Å². The van der Waals surface area contributed by atoms with Gasteiger partial charge in [-0.1, -0.05) is 32.3 Å². The molecule has 0 unspecified atom stereocenters. The summed E-state index contributed by atoms with van der Waals surface area (Å²) in [6.07, 6.45) is 4.81. The van der Waals surface area contributed by atoms with E-state index in [2.05, 4.69) is 17.0 Å². The first-order valence-electron chi connectivity index (χ1n) is 6.99.